The maximum absolute atomic E-state index is 14.0. The molecule has 0 atom stereocenters. The number of phenols is 2. The number of hydrogen-bond donors (Lipinski definition) is 2. The first-order valence-electron chi connectivity index (χ1n) is 11.3. The van der Waals surface area contributed by atoms with Crippen LogP contribution in [0.3, 0.4) is 0 Å². The first-order valence-corrected chi connectivity index (χ1v) is 11.6. The quantitative estimate of drug-likeness (QED) is 0.265. The van der Waals surface area contributed by atoms with Gasteiger partial charge in [0.15, 0.2) is 0 Å². The molecule has 0 bridgehead atoms. The van der Waals surface area contributed by atoms with Crippen LogP contribution in [0.2, 0.25) is 5.02 Å². The molecule has 0 saturated heterocycles. The molecule has 0 aromatic heterocycles. The lowest BCUT2D eigenvalue weighted by molar-refractivity contribution is 0.0926. The highest BCUT2D eigenvalue weighted by atomic mass is 35.5. The van der Waals surface area contributed by atoms with E-state index in [9.17, 15) is 19.8 Å². The smallest absolute Gasteiger partial charge is 0.266 e. The van der Waals surface area contributed by atoms with Gasteiger partial charge in [-0.2, -0.15) is 0 Å². The van der Waals surface area contributed by atoms with Gasteiger partial charge in [0.1, 0.15) is 11.5 Å². The fourth-order valence-electron chi connectivity index (χ4n) is 4.86. The number of fused-ring (bicyclic) bond motifs is 2. The van der Waals surface area contributed by atoms with E-state index in [2.05, 4.69) is 0 Å². The van der Waals surface area contributed by atoms with Crippen molar-refractivity contribution in [3.8, 4) is 33.8 Å². The van der Waals surface area contributed by atoms with Crippen LogP contribution in [0.25, 0.3) is 33.0 Å². The topological polar surface area (TPSA) is 77.8 Å². The minimum Gasteiger partial charge on any atom is -0.508 e. The van der Waals surface area contributed by atoms with Crippen molar-refractivity contribution in [2.24, 2.45) is 0 Å². The van der Waals surface area contributed by atoms with E-state index in [1.165, 1.54) is 4.90 Å². The van der Waals surface area contributed by atoms with E-state index in [-0.39, 0.29) is 11.5 Å². The number of aromatic hydroxyl groups is 2. The van der Waals surface area contributed by atoms with Gasteiger partial charge in [0.2, 0.25) is 0 Å². The summed E-state index contributed by atoms with van der Waals surface area (Å²) in [6.45, 7) is 0. The Balaban J connectivity index is 1.74. The number of rotatable bonds is 3. The van der Waals surface area contributed by atoms with Crippen LogP contribution in [-0.4, -0.2) is 22.0 Å². The summed E-state index contributed by atoms with van der Waals surface area (Å²) in [5.41, 5.74) is 3.66. The number of amides is 2. The number of carbonyl (C=O) groups is 2. The molecule has 0 aliphatic carbocycles. The van der Waals surface area contributed by atoms with Crippen LogP contribution >= 0.6 is 11.6 Å². The molecule has 174 valence electrons. The van der Waals surface area contributed by atoms with Crippen molar-refractivity contribution in [2.75, 3.05) is 4.90 Å². The normalized spacial score (nSPS) is 12.9. The van der Waals surface area contributed by atoms with Crippen molar-refractivity contribution in [2.45, 2.75) is 0 Å². The van der Waals surface area contributed by atoms with Crippen molar-refractivity contribution < 1.29 is 19.8 Å². The zero-order valence-corrected chi connectivity index (χ0v) is 19.5. The van der Waals surface area contributed by atoms with Gasteiger partial charge in [0.05, 0.1) is 16.8 Å². The molecule has 6 rings (SSSR count). The molecule has 36 heavy (non-hydrogen) atoms. The summed E-state index contributed by atoms with van der Waals surface area (Å²) in [4.78, 5) is 29.2. The molecule has 6 heteroatoms. The number of halogens is 1. The van der Waals surface area contributed by atoms with Crippen LogP contribution in [0.4, 0.5) is 5.69 Å². The van der Waals surface area contributed by atoms with E-state index in [1.54, 1.807) is 72.8 Å². The van der Waals surface area contributed by atoms with E-state index >= 15 is 0 Å². The highest BCUT2D eigenvalue weighted by molar-refractivity contribution is 6.40. The average Bonchev–Trinajstić information content (AvgIpc) is 3.14. The zero-order valence-electron chi connectivity index (χ0n) is 18.8. The maximum Gasteiger partial charge on any atom is 0.266 e. The summed E-state index contributed by atoms with van der Waals surface area (Å²) >= 11 is 6.06. The van der Waals surface area contributed by atoms with E-state index in [0.29, 0.717) is 44.1 Å². The molecule has 1 aliphatic heterocycles. The molecule has 2 amide bonds. The minimum absolute atomic E-state index is 0.102. The van der Waals surface area contributed by atoms with E-state index < -0.39 is 11.8 Å². The third kappa shape index (κ3) is 3.33. The highest BCUT2D eigenvalue weighted by Crippen LogP contribution is 2.46. The van der Waals surface area contributed by atoms with Crippen molar-refractivity contribution in [1.82, 2.24) is 0 Å². The Morgan fingerprint density at radius 1 is 0.528 bits per heavy atom. The maximum atomic E-state index is 14.0. The third-order valence-electron chi connectivity index (χ3n) is 6.45. The van der Waals surface area contributed by atoms with Crippen molar-refractivity contribution in [3.63, 3.8) is 0 Å². The molecule has 5 nitrogen and oxygen atoms in total. The van der Waals surface area contributed by atoms with Gasteiger partial charge in [0, 0.05) is 16.1 Å². The second kappa shape index (κ2) is 8.26. The summed E-state index contributed by atoms with van der Waals surface area (Å²) in [6.07, 6.45) is 0. The fraction of sp³-hybridized carbons (Fsp3) is 0. The molecule has 0 unspecified atom stereocenters. The zero-order chi connectivity index (χ0) is 25.0. The number of imide groups is 1. The fourth-order valence-corrected chi connectivity index (χ4v) is 4.99. The summed E-state index contributed by atoms with van der Waals surface area (Å²) in [6, 6.07) is 27.4. The molecule has 0 radical (unpaired) electrons. The average molecular weight is 492 g/mol. The molecule has 0 fully saturated rings. The van der Waals surface area contributed by atoms with Gasteiger partial charge in [-0.25, -0.2) is 4.90 Å². The van der Waals surface area contributed by atoms with Crippen LogP contribution in [0.1, 0.15) is 20.7 Å². The van der Waals surface area contributed by atoms with E-state index in [1.807, 2.05) is 24.3 Å². The summed E-state index contributed by atoms with van der Waals surface area (Å²) < 4.78 is 0. The molecule has 2 N–H and O–H groups in total. The monoisotopic (exact) mass is 491 g/mol. The van der Waals surface area contributed by atoms with Crippen molar-refractivity contribution in [3.05, 3.63) is 113 Å². The molecule has 0 saturated carbocycles. The Hall–Kier alpha value is -4.61. The second-order valence-corrected chi connectivity index (χ2v) is 9.00. The Morgan fingerprint density at radius 3 is 1.36 bits per heavy atom. The molecular formula is C30H18ClNO4. The molecule has 5 aromatic rings. The predicted molar refractivity (Wildman–Crippen MR) is 141 cm³/mol. The lowest BCUT2D eigenvalue weighted by atomic mass is 9.84. The summed E-state index contributed by atoms with van der Waals surface area (Å²) in [7, 11) is 0. The number of hydrogen-bond acceptors (Lipinski definition) is 4. The number of nitrogens with zero attached hydrogens (tertiary/aromatic N) is 1. The van der Waals surface area contributed by atoms with Crippen LogP contribution in [0.5, 0.6) is 11.5 Å². The van der Waals surface area contributed by atoms with Gasteiger partial charge in [-0.1, -0.05) is 60.1 Å². The Morgan fingerprint density at radius 2 is 0.944 bits per heavy atom. The molecule has 1 heterocycles. The molecular weight excluding hydrogens is 474 g/mol. The van der Waals surface area contributed by atoms with Crippen LogP contribution in [0.15, 0.2) is 97.1 Å². The van der Waals surface area contributed by atoms with Gasteiger partial charge in [0.25, 0.3) is 11.8 Å². The number of anilines is 1. The molecule has 5 aromatic carbocycles. The van der Waals surface area contributed by atoms with Crippen LogP contribution < -0.4 is 4.90 Å². The Labute approximate surface area is 211 Å². The highest BCUT2D eigenvalue weighted by Gasteiger charge is 2.42. The first-order chi connectivity index (χ1) is 17.4. The molecule has 0 spiro atoms. The Kier molecular flexibility index (Phi) is 5.02. The lowest BCUT2D eigenvalue weighted by Gasteiger charge is -2.17. The Bertz CT molecular complexity index is 1570. The van der Waals surface area contributed by atoms with E-state index in [0.717, 1.165) is 10.8 Å². The van der Waals surface area contributed by atoms with Gasteiger partial charge < -0.3 is 10.2 Å². The standard InChI is InChI=1S/C30H18ClNO4/c31-19-9-11-20(12-10-19)32-29(35)27-25(17-5-13-21(33)14-6-17)23-3-1-2-4-24(23)26(28(27)30(32)36)18-7-15-22(34)16-8-18/h1-16,33-34H. The van der Waals surface area contributed by atoms with Gasteiger partial charge in [-0.3, -0.25) is 9.59 Å². The summed E-state index contributed by atoms with van der Waals surface area (Å²) in [5, 5.41) is 21.8. The van der Waals surface area contributed by atoms with E-state index in [4.69, 9.17) is 11.6 Å². The first kappa shape index (κ1) is 21.9. The molecule has 1 aliphatic rings. The largest absolute Gasteiger partial charge is 0.508 e. The van der Waals surface area contributed by atoms with Gasteiger partial charge in [-0.05, 0) is 70.4 Å². The lowest BCUT2D eigenvalue weighted by Crippen LogP contribution is -2.29. The third-order valence-corrected chi connectivity index (χ3v) is 6.70. The predicted octanol–water partition coefficient (Wildman–Crippen LogP) is 7.04. The SMILES string of the molecule is O=C1c2c(c(-c3ccc(O)cc3)c3ccccc3c2-c2ccc(O)cc2)C(=O)N1c1ccc(Cl)cc1. The van der Waals surface area contributed by atoms with Crippen LogP contribution in [-0.2, 0) is 0 Å². The van der Waals surface area contributed by atoms with Crippen LogP contribution in [0, 0.1) is 0 Å². The minimum atomic E-state index is -0.439. The van der Waals surface area contributed by atoms with Gasteiger partial charge >= 0.3 is 0 Å². The number of benzene rings is 5. The number of phenolic OH excluding ortho intramolecular Hbond substituents is 2. The number of carbonyl (C=O) groups excluding carboxylic acids is 2. The van der Waals surface area contributed by atoms with Gasteiger partial charge in [-0.15, -0.1) is 0 Å². The van der Waals surface area contributed by atoms with Crippen molar-refractivity contribution >= 4 is 39.9 Å². The summed E-state index contributed by atoms with van der Waals surface area (Å²) in [5.74, 6) is -0.673. The van der Waals surface area contributed by atoms with Crippen molar-refractivity contribution in [1.29, 1.82) is 0 Å². The second-order valence-electron chi connectivity index (χ2n) is 8.56.